The van der Waals surface area contributed by atoms with Crippen LogP contribution in [0.4, 0.5) is 10.2 Å². The molecule has 2 saturated heterocycles. The highest BCUT2D eigenvalue weighted by atomic mass is 19.1. The molecule has 1 aromatic carbocycles. The summed E-state index contributed by atoms with van der Waals surface area (Å²) in [6.45, 7) is 8.55. The van der Waals surface area contributed by atoms with Crippen molar-refractivity contribution in [2.75, 3.05) is 50.8 Å². The molecule has 1 atom stereocenters. The van der Waals surface area contributed by atoms with Crippen LogP contribution in [0.3, 0.4) is 0 Å². The number of nitrogens with zero attached hydrogens (tertiary/aromatic N) is 5. The molecule has 34 heavy (non-hydrogen) atoms. The van der Waals surface area contributed by atoms with Crippen LogP contribution in [-0.2, 0) is 11.3 Å². The average Bonchev–Trinajstić information content (AvgIpc) is 2.89. The molecule has 1 aromatic heterocycles. The first-order chi connectivity index (χ1) is 16.5. The number of rotatable bonds is 8. The van der Waals surface area contributed by atoms with Gasteiger partial charge in [0.25, 0.3) is 0 Å². The molecule has 4 rings (SSSR count). The lowest BCUT2D eigenvalue weighted by molar-refractivity contribution is -0.0478. The van der Waals surface area contributed by atoms with Gasteiger partial charge in [-0.05, 0) is 37.0 Å². The molecule has 0 bridgehead atoms. The predicted octanol–water partition coefficient (Wildman–Crippen LogP) is 2.99. The molecule has 1 N–H and O–H groups in total. The SMILES string of the molecule is CCC(O)N(CC1(N2CCN(Cc3ccccc3)CC2)CCOCC1)c1ccc(F)c(C#N)n1. The van der Waals surface area contributed by atoms with E-state index in [1.165, 1.54) is 11.6 Å². The highest BCUT2D eigenvalue weighted by Crippen LogP contribution is 2.33. The highest BCUT2D eigenvalue weighted by molar-refractivity contribution is 5.43. The third-order valence-corrected chi connectivity index (χ3v) is 7.14. The van der Waals surface area contributed by atoms with Crippen LogP contribution in [0.25, 0.3) is 0 Å². The Morgan fingerprint density at radius 1 is 1.15 bits per heavy atom. The number of pyridine rings is 1. The molecular formula is C26H34FN5O2. The van der Waals surface area contributed by atoms with Crippen molar-refractivity contribution in [2.45, 2.75) is 44.5 Å². The van der Waals surface area contributed by atoms with Crippen molar-refractivity contribution in [3.05, 3.63) is 59.5 Å². The summed E-state index contributed by atoms with van der Waals surface area (Å²) in [5.41, 5.74) is 0.891. The number of anilines is 1. The van der Waals surface area contributed by atoms with Crippen molar-refractivity contribution in [3.63, 3.8) is 0 Å². The normalized spacial score (nSPS) is 19.9. The topological polar surface area (TPSA) is 75.9 Å². The number of hydrogen-bond acceptors (Lipinski definition) is 7. The number of aliphatic hydroxyl groups is 1. The summed E-state index contributed by atoms with van der Waals surface area (Å²) >= 11 is 0. The van der Waals surface area contributed by atoms with Gasteiger partial charge in [0, 0.05) is 58.0 Å². The van der Waals surface area contributed by atoms with Crippen LogP contribution in [0, 0.1) is 17.1 Å². The molecule has 2 fully saturated rings. The maximum Gasteiger partial charge on any atom is 0.178 e. The number of aliphatic hydroxyl groups excluding tert-OH is 1. The van der Waals surface area contributed by atoms with Crippen LogP contribution in [0.1, 0.15) is 37.4 Å². The Morgan fingerprint density at radius 2 is 1.85 bits per heavy atom. The van der Waals surface area contributed by atoms with Crippen LogP contribution in [0.15, 0.2) is 42.5 Å². The van der Waals surface area contributed by atoms with Crippen molar-refractivity contribution in [3.8, 4) is 6.07 Å². The van der Waals surface area contributed by atoms with Crippen molar-refractivity contribution in [2.24, 2.45) is 0 Å². The number of nitriles is 1. The fourth-order valence-electron chi connectivity index (χ4n) is 5.09. The van der Waals surface area contributed by atoms with E-state index in [4.69, 9.17) is 4.74 Å². The summed E-state index contributed by atoms with van der Waals surface area (Å²) in [6.07, 6.45) is 1.43. The van der Waals surface area contributed by atoms with Crippen molar-refractivity contribution < 1.29 is 14.2 Å². The van der Waals surface area contributed by atoms with E-state index < -0.39 is 12.0 Å². The first-order valence-corrected chi connectivity index (χ1v) is 12.1. The second-order valence-electron chi connectivity index (χ2n) is 9.21. The Labute approximate surface area is 201 Å². The van der Waals surface area contributed by atoms with Gasteiger partial charge in [-0.25, -0.2) is 9.37 Å². The van der Waals surface area contributed by atoms with E-state index in [1.807, 2.05) is 24.0 Å². The van der Waals surface area contributed by atoms with Gasteiger partial charge in [0.15, 0.2) is 11.5 Å². The second-order valence-corrected chi connectivity index (χ2v) is 9.21. The van der Waals surface area contributed by atoms with Crippen molar-refractivity contribution in [1.82, 2.24) is 14.8 Å². The van der Waals surface area contributed by atoms with Crippen LogP contribution < -0.4 is 4.90 Å². The third-order valence-electron chi connectivity index (χ3n) is 7.14. The molecule has 0 amide bonds. The minimum absolute atomic E-state index is 0.184. The number of aromatic nitrogens is 1. The molecule has 2 aromatic rings. The average molecular weight is 468 g/mol. The zero-order chi connectivity index (χ0) is 24.0. The van der Waals surface area contributed by atoms with Crippen molar-refractivity contribution >= 4 is 5.82 Å². The van der Waals surface area contributed by atoms with Gasteiger partial charge in [-0.2, -0.15) is 5.26 Å². The fourth-order valence-corrected chi connectivity index (χ4v) is 5.09. The lowest BCUT2D eigenvalue weighted by Gasteiger charge is -2.52. The molecule has 0 radical (unpaired) electrons. The van der Waals surface area contributed by atoms with E-state index in [-0.39, 0.29) is 11.2 Å². The maximum atomic E-state index is 13.9. The Hall–Kier alpha value is -2.57. The minimum Gasteiger partial charge on any atom is -0.381 e. The van der Waals surface area contributed by atoms with Crippen LogP contribution in [0.2, 0.25) is 0 Å². The largest absolute Gasteiger partial charge is 0.381 e. The van der Waals surface area contributed by atoms with Crippen LogP contribution >= 0.6 is 0 Å². The van der Waals surface area contributed by atoms with Gasteiger partial charge in [0.1, 0.15) is 18.1 Å². The Morgan fingerprint density at radius 3 is 2.50 bits per heavy atom. The van der Waals surface area contributed by atoms with Gasteiger partial charge in [0.2, 0.25) is 0 Å². The van der Waals surface area contributed by atoms with Gasteiger partial charge in [0.05, 0.1) is 0 Å². The lowest BCUT2D eigenvalue weighted by Crippen LogP contribution is -2.64. The first kappa shape index (κ1) is 24.6. The summed E-state index contributed by atoms with van der Waals surface area (Å²) in [6, 6.07) is 15.2. The van der Waals surface area contributed by atoms with Crippen molar-refractivity contribution in [1.29, 1.82) is 5.26 Å². The standard InChI is InChI=1S/C26H34FN5O2/c1-2-25(33)32(24-9-8-22(27)23(18-28)29-24)20-26(10-16-34-17-11-26)31-14-12-30(13-15-31)19-21-6-4-3-5-7-21/h3-9,25,33H,2,10-17,19-20H2,1H3. The third kappa shape index (κ3) is 5.56. The summed E-state index contributed by atoms with van der Waals surface area (Å²) in [7, 11) is 0. The molecule has 0 saturated carbocycles. The fraction of sp³-hybridized carbons (Fsp3) is 0.538. The molecule has 0 aliphatic carbocycles. The molecule has 8 heteroatoms. The maximum absolute atomic E-state index is 13.9. The van der Waals surface area contributed by atoms with E-state index in [9.17, 15) is 14.8 Å². The van der Waals surface area contributed by atoms with E-state index in [1.54, 1.807) is 6.07 Å². The molecule has 2 aliphatic rings. The second kappa shape index (κ2) is 11.2. The number of halogens is 1. The molecule has 7 nitrogen and oxygen atoms in total. The van der Waals surface area contributed by atoms with Crippen LogP contribution in [0.5, 0.6) is 0 Å². The zero-order valence-corrected chi connectivity index (χ0v) is 19.9. The van der Waals surface area contributed by atoms with E-state index in [0.717, 1.165) is 45.6 Å². The summed E-state index contributed by atoms with van der Waals surface area (Å²) in [5, 5.41) is 20.2. The molecular weight excluding hydrogens is 433 g/mol. The zero-order valence-electron chi connectivity index (χ0n) is 19.9. The summed E-state index contributed by atoms with van der Waals surface area (Å²) < 4.78 is 19.7. The minimum atomic E-state index is -0.774. The van der Waals surface area contributed by atoms with Gasteiger partial charge < -0.3 is 14.7 Å². The van der Waals surface area contributed by atoms with Gasteiger partial charge in [-0.15, -0.1) is 0 Å². The van der Waals surface area contributed by atoms with Gasteiger partial charge >= 0.3 is 0 Å². The Bertz CT molecular complexity index is 969. The first-order valence-electron chi connectivity index (χ1n) is 12.1. The van der Waals surface area contributed by atoms with Gasteiger partial charge in [-0.1, -0.05) is 37.3 Å². The summed E-state index contributed by atoms with van der Waals surface area (Å²) in [5.74, 6) is -0.214. The molecule has 182 valence electrons. The molecule has 2 aliphatic heterocycles. The number of benzene rings is 1. The Kier molecular flexibility index (Phi) is 8.11. The molecule has 0 spiro atoms. The van der Waals surface area contributed by atoms with E-state index >= 15 is 0 Å². The lowest BCUT2D eigenvalue weighted by atomic mass is 9.86. The number of ether oxygens (including phenoxy) is 1. The summed E-state index contributed by atoms with van der Waals surface area (Å²) in [4.78, 5) is 11.1. The Balaban J connectivity index is 1.52. The monoisotopic (exact) mass is 467 g/mol. The highest BCUT2D eigenvalue weighted by Gasteiger charge is 2.42. The smallest absolute Gasteiger partial charge is 0.178 e. The molecule has 1 unspecified atom stereocenters. The van der Waals surface area contributed by atoms with Gasteiger partial charge in [-0.3, -0.25) is 9.80 Å². The molecule has 3 heterocycles. The van der Waals surface area contributed by atoms with E-state index in [2.05, 4.69) is 39.0 Å². The number of piperazine rings is 1. The van der Waals surface area contributed by atoms with E-state index in [0.29, 0.717) is 32.0 Å². The predicted molar refractivity (Wildman–Crippen MR) is 129 cm³/mol. The number of hydrogen-bond donors (Lipinski definition) is 1. The van der Waals surface area contributed by atoms with Crippen LogP contribution in [-0.4, -0.2) is 77.6 Å². The quantitative estimate of drug-likeness (QED) is 0.598.